The number of carbonyl (C=O) groups is 1. The van der Waals surface area contributed by atoms with Gasteiger partial charge in [-0.3, -0.25) is 4.79 Å². The standard InChI is InChI=1S/C14H22N2O3/c1-9-7-11(18-3)8-13(19-4)12(9)5-6-16-14(17)10(2)15/h7-8,10H,5-6,15H2,1-4H3,(H,16,17). The zero-order chi connectivity index (χ0) is 14.4. The normalized spacial score (nSPS) is 11.8. The fourth-order valence-electron chi connectivity index (χ4n) is 1.84. The molecule has 0 spiro atoms. The number of hydrogen-bond donors (Lipinski definition) is 2. The molecule has 5 heteroatoms. The van der Waals surface area contributed by atoms with Crippen LogP contribution in [0, 0.1) is 6.92 Å². The van der Waals surface area contributed by atoms with E-state index in [0.29, 0.717) is 13.0 Å². The summed E-state index contributed by atoms with van der Waals surface area (Å²) in [5.41, 5.74) is 7.62. The smallest absolute Gasteiger partial charge is 0.236 e. The molecular weight excluding hydrogens is 244 g/mol. The van der Waals surface area contributed by atoms with Gasteiger partial charge in [-0.2, -0.15) is 0 Å². The third kappa shape index (κ3) is 4.13. The van der Waals surface area contributed by atoms with E-state index in [4.69, 9.17) is 15.2 Å². The highest BCUT2D eigenvalue weighted by Crippen LogP contribution is 2.28. The van der Waals surface area contributed by atoms with E-state index < -0.39 is 6.04 Å². The highest BCUT2D eigenvalue weighted by atomic mass is 16.5. The van der Waals surface area contributed by atoms with Crippen LogP contribution in [-0.2, 0) is 11.2 Å². The molecule has 1 aromatic carbocycles. The van der Waals surface area contributed by atoms with E-state index in [9.17, 15) is 4.79 Å². The van der Waals surface area contributed by atoms with Crippen molar-refractivity contribution < 1.29 is 14.3 Å². The van der Waals surface area contributed by atoms with Crippen LogP contribution in [0.15, 0.2) is 12.1 Å². The number of ether oxygens (including phenoxy) is 2. The van der Waals surface area contributed by atoms with E-state index in [1.165, 1.54) is 0 Å². The number of rotatable bonds is 6. The number of aryl methyl sites for hydroxylation is 1. The first-order valence-corrected chi connectivity index (χ1v) is 6.24. The summed E-state index contributed by atoms with van der Waals surface area (Å²) in [7, 11) is 3.25. The Kier molecular flexibility index (Phi) is 5.63. The molecule has 3 N–H and O–H groups in total. The average Bonchev–Trinajstić information content (AvgIpc) is 2.39. The lowest BCUT2D eigenvalue weighted by atomic mass is 10.0. The molecule has 1 aromatic rings. The van der Waals surface area contributed by atoms with Crippen LogP contribution in [0.4, 0.5) is 0 Å². The maximum atomic E-state index is 11.4. The van der Waals surface area contributed by atoms with Gasteiger partial charge in [-0.1, -0.05) is 0 Å². The van der Waals surface area contributed by atoms with Crippen molar-refractivity contribution in [2.24, 2.45) is 5.73 Å². The Morgan fingerprint density at radius 1 is 1.37 bits per heavy atom. The minimum atomic E-state index is -0.487. The largest absolute Gasteiger partial charge is 0.497 e. The Hall–Kier alpha value is -1.75. The van der Waals surface area contributed by atoms with Crippen molar-refractivity contribution in [2.75, 3.05) is 20.8 Å². The Bertz CT molecular complexity index is 445. The lowest BCUT2D eigenvalue weighted by Gasteiger charge is -2.14. The van der Waals surface area contributed by atoms with E-state index in [2.05, 4.69) is 5.32 Å². The number of amides is 1. The summed E-state index contributed by atoms with van der Waals surface area (Å²) in [5.74, 6) is 1.38. The quantitative estimate of drug-likeness (QED) is 0.806. The zero-order valence-corrected chi connectivity index (χ0v) is 11.9. The third-order valence-electron chi connectivity index (χ3n) is 2.95. The highest BCUT2D eigenvalue weighted by molar-refractivity contribution is 5.80. The van der Waals surface area contributed by atoms with E-state index in [1.807, 2.05) is 19.1 Å². The molecule has 0 aliphatic rings. The minimum Gasteiger partial charge on any atom is -0.497 e. The maximum Gasteiger partial charge on any atom is 0.236 e. The first-order valence-electron chi connectivity index (χ1n) is 6.24. The summed E-state index contributed by atoms with van der Waals surface area (Å²) < 4.78 is 10.6. The molecule has 0 fully saturated rings. The number of nitrogens with two attached hydrogens (primary N) is 1. The van der Waals surface area contributed by atoms with Gasteiger partial charge in [0.15, 0.2) is 0 Å². The van der Waals surface area contributed by atoms with Crippen molar-refractivity contribution in [1.82, 2.24) is 5.32 Å². The van der Waals surface area contributed by atoms with Crippen LogP contribution in [0.2, 0.25) is 0 Å². The molecule has 0 saturated heterocycles. The molecule has 1 unspecified atom stereocenters. The van der Waals surface area contributed by atoms with Gasteiger partial charge in [0.2, 0.25) is 5.91 Å². The van der Waals surface area contributed by atoms with Crippen molar-refractivity contribution in [2.45, 2.75) is 26.3 Å². The molecule has 0 aliphatic carbocycles. The lowest BCUT2D eigenvalue weighted by Crippen LogP contribution is -2.39. The summed E-state index contributed by atoms with van der Waals surface area (Å²) in [6.45, 7) is 4.19. The van der Waals surface area contributed by atoms with Gasteiger partial charge in [0.05, 0.1) is 20.3 Å². The van der Waals surface area contributed by atoms with Gasteiger partial charge in [-0.15, -0.1) is 0 Å². The summed E-state index contributed by atoms with van der Waals surface area (Å²) in [5, 5.41) is 2.79. The molecule has 1 atom stereocenters. The second-order valence-corrected chi connectivity index (χ2v) is 4.45. The number of hydrogen-bond acceptors (Lipinski definition) is 4. The van der Waals surface area contributed by atoms with Gasteiger partial charge < -0.3 is 20.5 Å². The van der Waals surface area contributed by atoms with Gasteiger partial charge >= 0.3 is 0 Å². The Morgan fingerprint density at radius 2 is 2.05 bits per heavy atom. The lowest BCUT2D eigenvalue weighted by molar-refractivity contribution is -0.121. The van der Waals surface area contributed by atoms with E-state index in [-0.39, 0.29) is 5.91 Å². The van der Waals surface area contributed by atoms with E-state index in [0.717, 1.165) is 22.6 Å². The van der Waals surface area contributed by atoms with Crippen LogP contribution in [0.1, 0.15) is 18.1 Å². The second kappa shape index (κ2) is 6.99. The minimum absolute atomic E-state index is 0.148. The van der Waals surface area contributed by atoms with Gasteiger partial charge in [0.1, 0.15) is 11.5 Å². The number of methoxy groups -OCH3 is 2. The summed E-state index contributed by atoms with van der Waals surface area (Å²) in [6, 6.07) is 3.31. The first-order chi connectivity index (χ1) is 8.99. The van der Waals surface area contributed by atoms with Gasteiger partial charge in [-0.05, 0) is 37.5 Å². The maximum absolute atomic E-state index is 11.4. The number of benzene rings is 1. The molecule has 0 heterocycles. The van der Waals surface area contributed by atoms with Gasteiger partial charge in [0.25, 0.3) is 0 Å². The molecule has 0 saturated carbocycles. The van der Waals surface area contributed by atoms with Crippen molar-refractivity contribution in [1.29, 1.82) is 0 Å². The fraction of sp³-hybridized carbons (Fsp3) is 0.500. The molecule has 0 aromatic heterocycles. The fourth-order valence-corrected chi connectivity index (χ4v) is 1.84. The van der Waals surface area contributed by atoms with Crippen LogP contribution >= 0.6 is 0 Å². The molecule has 0 aliphatic heterocycles. The Labute approximate surface area is 114 Å². The molecule has 106 valence electrons. The predicted molar refractivity (Wildman–Crippen MR) is 74.6 cm³/mol. The topological polar surface area (TPSA) is 73.6 Å². The van der Waals surface area contributed by atoms with Gasteiger partial charge in [-0.25, -0.2) is 0 Å². The summed E-state index contributed by atoms with van der Waals surface area (Å²) in [6.07, 6.45) is 0.692. The second-order valence-electron chi connectivity index (χ2n) is 4.45. The van der Waals surface area contributed by atoms with E-state index >= 15 is 0 Å². The number of carbonyl (C=O) groups excluding carboxylic acids is 1. The van der Waals surface area contributed by atoms with Crippen molar-refractivity contribution in [3.05, 3.63) is 23.3 Å². The molecule has 19 heavy (non-hydrogen) atoms. The van der Waals surface area contributed by atoms with Crippen LogP contribution in [-0.4, -0.2) is 32.7 Å². The third-order valence-corrected chi connectivity index (χ3v) is 2.95. The molecule has 0 radical (unpaired) electrons. The van der Waals surface area contributed by atoms with Gasteiger partial charge in [0, 0.05) is 12.6 Å². The van der Waals surface area contributed by atoms with Crippen molar-refractivity contribution in [3.8, 4) is 11.5 Å². The monoisotopic (exact) mass is 266 g/mol. The molecule has 1 rings (SSSR count). The molecule has 1 amide bonds. The summed E-state index contributed by atoms with van der Waals surface area (Å²) >= 11 is 0. The first kappa shape index (κ1) is 15.3. The molecular formula is C14H22N2O3. The Morgan fingerprint density at radius 3 is 2.58 bits per heavy atom. The molecule has 5 nitrogen and oxygen atoms in total. The van der Waals surface area contributed by atoms with Crippen LogP contribution < -0.4 is 20.5 Å². The highest BCUT2D eigenvalue weighted by Gasteiger charge is 2.11. The zero-order valence-electron chi connectivity index (χ0n) is 11.9. The molecule has 0 bridgehead atoms. The van der Waals surface area contributed by atoms with Crippen LogP contribution in [0.3, 0.4) is 0 Å². The SMILES string of the molecule is COc1cc(C)c(CCNC(=O)C(C)N)c(OC)c1. The van der Waals surface area contributed by atoms with Crippen molar-refractivity contribution in [3.63, 3.8) is 0 Å². The Balaban J connectivity index is 2.75. The van der Waals surface area contributed by atoms with Crippen LogP contribution in [0.25, 0.3) is 0 Å². The average molecular weight is 266 g/mol. The van der Waals surface area contributed by atoms with E-state index in [1.54, 1.807) is 21.1 Å². The van der Waals surface area contributed by atoms with Crippen molar-refractivity contribution >= 4 is 5.91 Å². The predicted octanol–water partition coefficient (Wildman–Crippen LogP) is 1.02. The summed E-state index contributed by atoms with van der Waals surface area (Å²) in [4.78, 5) is 11.4. The van der Waals surface area contributed by atoms with Crippen LogP contribution in [0.5, 0.6) is 11.5 Å². The number of nitrogens with one attached hydrogen (secondary N) is 1.